The molecule has 1 aromatic carbocycles. The first-order valence-corrected chi connectivity index (χ1v) is 7.59. The van der Waals surface area contributed by atoms with Crippen molar-refractivity contribution in [2.24, 2.45) is 0 Å². The first kappa shape index (κ1) is 13.9. The molecule has 0 saturated carbocycles. The SMILES string of the molecule is CC(=O)SC1CC(=O)N(c2ccc(-n3cccn3)cc2)C1. The smallest absolute Gasteiger partial charge is 0.228 e. The van der Waals surface area contributed by atoms with Crippen LogP contribution in [-0.4, -0.2) is 32.6 Å². The molecule has 6 heteroatoms. The van der Waals surface area contributed by atoms with Crippen molar-refractivity contribution in [3.8, 4) is 5.69 Å². The van der Waals surface area contributed by atoms with Gasteiger partial charge >= 0.3 is 0 Å². The van der Waals surface area contributed by atoms with Gasteiger partial charge in [-0.3, -0.25) is 9.59 Å². The van der Waals surface area contributed by atoms with Gasteiger partial charge in [0.2, 0.25) is 5.91 Å². The number of aromatic nitrogens is 2. The topological polar surface area (TPSA) is 55.2 Å². The van der Waals surface area contributed by atoms with Crippen LogP contribution in [0.1, 0.15) is 13.3 Å². The Balaban J connectivity index is 1.75. The van der Waals surface area contributed by atoms with Crippen LogP contribution in [0.15, 0.2) is 42.7 Å². The number of nitrogens with zero attached hydrogens (tertiary/aromatic N) is 3. The van der Waals surface area contributed by atoms with Crippen LogP contribution in [0.5, 0.6) is 0 Å². The predicted molar refractivity (Wildman–Crippen MR) is 82.6 cm³/mol. The van der Waals surface area contributed by atoms with Crippen LogP contribution in [0.4, 0.5) is 5.69 Å². The van der Waals surface area contributed by atoms with E-state index in [0.717, 1.165) is 11.4 Å². The number of rotatable bonds is 3. The maximum absolute atomic E-state index is 12.1. The zero-order valence-corrected chi connectivity index (χ0v) is 12.4. The molecule has 3 rings (SSSR count). The number of benzene rings is 1. The van der Waals surface area contributed by atoms with Gasteiger partial charge in [-0.2, -0.15) is 5.10 Å². The second-order valence-corrected chi connectivity index (χ2v) is 6.38. The minimum Gasteiger partial charge on any atom is -0.311 e. The number of hydrogen-bond acceptors (Lipinski definition) is 4. The van der Waals surface area contributed by atoms with Crippen molar-refractivity contribution in [3.05, 3.63) is 42.7 Å². The van der Waals surface area contributed by atoms with Crippen LogP contribution in [0.3, 0.4) is 0 Å². The largest absolute Gasteiger partial charge is 0.311 e. The average Bonchev–Trinajstić information content (AvgIpc) is 3.08. The predicted octanol–water partition coefficient (Wildman–Crippen LogP) is 2.26. The van der Waals surface area contributed by atoms with Gasteiger partial charge in [-0.25, -0.2) is 4.68 Å². The van der Waals surface area contributed by atoms with Crippen molar-refractivity contribution < 1.29 is 9.59 Å². The van der Waals surface area contributed by atoms with E-state index in [0.29, 0.717) is 13.0 Å². The van der Waals surface area contributed by atoms with Gasteiger partial charge in [0.1, 0.15) is 0 Å². The zero-order chi connectivity index (χ0) is 14.8. The summed E-state index contributed by atoms with van der Waals surface area (Å²) in [5.41, 5.74) is 1.81. The van der Waals surface area contributed by atoms with Crippen LogP contribution in [-0.2, 0) is 9.59 Å². The summed E-state index contributed by atoms with van der Waals surface area (Å²) in [6.07, 6.45) is 4.02. The molecule has 1 aliphatic rings. The molecular weight excluding hydrogens is 286 g/mol. The lowest BCUT2D eigenvalue weighted by molar-refractivity contribution is -0.117. The molecule has 1 amide bonds. The summed E-state index contributed by atoms with van der Waals surface area (Å²) in [6, 6.07) is 9.55. The summed E-state index contributed by atoms with van der Waals surface area (Å²) in [6.45, 7) is 2.13. The normalized spacial score (nSPS) is 18.2. The fourth-order valence-corrected chi connectivity index (χ4v) is 3.36. The minimum absolute atomic E-state index is 0.0563. The first-order chi connectivity index (χ1) is 10.1. The van der Waals surface area contributed by atoms with Crippen molar-refractivity contribution >= 4 is 28.5 Å². The Labute approximate surface area is 126 Å². The van der Waals surface area contributed by atoms with E-state index in [9.17, 15) is 9.59 Å². The first-order valence-electron chi connectivity index (χ1n) is 6.71. The molecule has 0 aliphatic carbocycles. The zero-order valence-electron chi connectivity index (χ0n) is 11.6. The number of hydrogen-bond donors (Lipinski definition) is 0. The molecule has 0 N–H and O–H groups in total. The summed E-state index contributed by atoms with van der Waals surface area (Å²) in [7, 11) is 0. The van der Waals surface area contributed by atoms with E-state index in [1.807, 2.05) is 36.5 Å². The van der Waals surface area contributed by atoms with Gasteiger partial charge in [-0.15, -0.1) is 0 Å². The van der Waals surface area contributed by atoms with Crippen molar-refractivity contribution in [3.63, 3.8) is 0 Å². The second kappa shape index (κ2) is 5.73. The number of amides is 1. The third-order valence-corrected chi connectivity index (χ3v) is 4.33. The maximum atomic E-state index is 12.1. The van der Waals surface area contributed by atoms with Gasteiger partial charge < -0.3 is 4.90 Å². The standard InChI is InChI=1S/C15H15N3O2S/c1-11(19)21-14-9-15(20)17(10-14)12-3-5-13(6-4-12)18-8-2-7-16-18/h2-8,14H,9-10H2,1H3. The minimum atomic E-state index is 0.0563. The monoisotopic (exact) mass is 301 g/mol. The highest BCUT2D eigenvalue weighted by atomic mass is 32.2. The van der Waals surface area contributed by atoms with Gasteiger partial charge in [-0.1, -0.05) is 11.8 Å². The van der Waals surface area contributed by atoms with Gasteiger partial charge in [0, 0.05) is 43.2 Å². The van der Waals surface area contributed by atoms with E-state index in [1.54, 1.807) is 15.8 Å². The van der Waals surface area contributed by atoms with E-state index in [1.165, 1.54) is 18.7 Å². The summed E-state index contributed by atoms with van der Waals surface area (Å²) >= 11 is 1.25. The van der Waals surface area contributed by atoms with Gasteiger partial charge in [0.15, 0.2) is 5.12 Å². The van der Waals surface area contributed by atoms with Crippen molar-refractivity contribution in [2.45, 2.75) is 18.6 Å². The van der Waals surface area contributed by atoms with Crippen LogP contribution in [0.25, 0.3) is 5.69 Å². The summed E-state index contributed by atoms with van der Waals surface area (Å²) < 4.78 is 1.77. The van der Waals surface area contributed by atoms with Crippen molar-refractivity contribution in [2.75, 3.05) is 11.4 Å². The molecule has 2 aromatic rings. The molecule has 0 radical (unpaired) electrons. The third kappa shape index (κ3) is 3.00. The number of carbonyl (C=O) groups is 2. The molecular formula is C15H15N3O2S. The number of thioether (sulfide) groups is 1. The molecule has 0 bridgehead atoms. The highest BCUT2D eigenvalue weighted by Gasteiger charge is 2.31. The molecule has 2 heterocycles. The summed E-state index contributed by atoms with van der Waals surface area (Å²) in [4.78, 5) is 25.0. The average molecular weight is 301 g/mol. The van der Waals surface area contributed by atoms with Gasteiger partial charge in [0.25, 0.3) is 0 Å². The lowest BCUT2D eigenvalue weighted by atomic mass is 10.2. The molecule has 1 atom stereocenters. The fourth-order valence-electron chi connectivity index (χ4n) is 2.44. The molecule has 0 spiro atoms. The Kier molecular flexibility index (Phi) is 3.79. The van der Waals surface area contributed by atoms with E-state index < -0.39 is 0 Å². The summed E-state index contributed by atoms with van der Waals surface area (Å²) in [5.74, 6) is 0.0700. The summed E-state index contributed by atoms with van der Waals surface area (Å²) in [5, 5.41) is 4.28. The Hall–Kier alpha value is -2.08. The fraction of sp³-hybridized carbons (Fsp3) is 0.267. The Bertz CT molecular complexity index is 652. The van der Waals surface area contributed by atoms with E-state index >= 15 is 0 Å². The maximum Gasteiger partial charge on any atom is 0.228 e. The van der Waals surface area contributed by atoms with Crippen molar-refractivity contribution in [1.29, 1.82) is 0 Å². The van der Waals surface area contributed by atoms with Crippen LogP contribution in [0, 0.1) is 0 Å². The van der Waals surface area contributed by atoms with Crippen LogP contribution in [0.2, 0.25) is 0 Å². The third-order valence-electron chi connectivity index (χ3n) is 3.35. The lowest BCUT2D eigenvalue weighted by Gasteiger charge is -2.16. The quantitative estimate of drug-likeness (QED) is 0.872. The Morgan fingerprint density at radius 2 is 2.00 bits per heavy atom. The van der Waals surface area contributed by atoms with Crippen molar-refractivity contribution in [1.82, 2.24) is 9.78 Å². The molecule has 5 nitrogen and oxygen atoms in total. The number of carbonyl (C=O) groups excluding carboxylic acids is 2. The molecule has 1 aromatic heterocycles. The Morgan fingerprint density at radius 3 is 2.62 bits per heavy atom. The van der Waals surface area contributed by atoms with Gasteiger partial charge in [0.05, 0.1) is 5.69 Å². The second-order valence-electron chi connectivity index (χ2n) is 4.91. The van der Waals surface area contributed by atoms with E-state index in [2.05, 4.69) is 5.10 Å². The number of anilines is 1. The van der Waals surface area contributed by atoms with E-state index in [-0.39, 0.29) is 16.3 Å². The van der Waals surface area contributed by atoms with Crippen LogP contribution >= 0.6 is 11.8 Å². The molecule has 1 aliphatic heterocycles. The molecule has 1 saturated heterocycles. The molecule has 21 heavy (non-hydrogen) atoms. The molecule has 1 unspecified atom stereocenters. The van der Waals surface area contributed by atoms with Gasteiger partial charge in [-0.05, 0) is 30.3 Å². The molecule has 1 fully saturated rings. The highest BCUT2D eigenvalue weighted by Crippen LogP contribution is 2.29. The molecule has 108 valence electrons. The van der Waals surface area contributed by atoms with Crippen LogP contribution < -0.4 is 4.90 Å². The Morgan fingerprint density at radius 1 is 1.29 bits per heavy atom. The highest BCUT2D eigenvalue weighted by molar-refractivity contribution is 8.14. The lowest BCUT2D eigenvalue weighted by Crippen LogP contribution is -2.24. The van der Waals surface area contributed by atoms with E-state index in [4.69, 9.17) is 0 Å².